The molecule has 3 rings (SSSR count). The van der Waals surface area contributed by atoms with Crippen LogP contribution < -0.4 is 10.0 Å². The van der Waals surface area contributed by atoms with Gasteiger partial charge in [0.1, 0.15) is 4.21 Å². The van der Waals surface area contributed by atoms with Gasteiger partial charge in [0, 0.05) is 11.9 Å². The molecule has 0 amide bonds. The molecule has 0 bridgehead atoms. The summed E-state index contributed by atoms with van der Waals surface area (Å²) < 4.78 is 4.49. The quantitative estimate of drug-likeness (QED) is 0.700. The van der Waals surface area contributed by atoms with Crippen LogP contribution in [-0.4, -0.2) is 12.0 Å². The zero-order valence-corrected chi connectivity index (χ0v) is 8.54. The van der Waals surface area contributed by atoms with Crippen molar-refractivity contribution in [2.45, 2.75) is 23.1 Å². The van der Waals surface area contributed by atoms with Crippen LogP contribution >= 0.6 is 23.3 Å². The van der Waals surface area contributed by atoms with E-state index >= 15 is 0 Å². The van der Waals surface area contributed by atoms with E-state index in [4.69, 9.17) is 0 Å². The van der Waals surface area contributed by atoms with Crippen LogP contribution in [0.25, 0.3) is 0 Å². The average Bonchev–Trinajstić information content (AvgIpc) is 2.83. The number of nitrogens with one attached hydrogen (secondary N) is 2. The molecule has 0 aromatic carbocycles. The maximum Gasteiger partial charge on any atom is 0.206 e. The third-order valence-corrected chi connectivity index (χ3v) is 3.93. The molecule has 1 aliphatic carbocycles. The largest absolute Gasteiger partial charge is 0.324 e. The number of nitrogens with zero attached hydrogens (tertiary/aromatic N) is 1. The van der Waals surface area contributed by atoms with E-state index in [9.17, 15) is 0 Å². The Hall–Kier alpha value is -0.680. The van der Waals surface area contributed by atoms with Gasteiger partial charge in [-0.15, -0.1) is 11.3 Å². The fourth-order valence-electron chi connectivity index (χ4n) is 1.16. The van der Waals surface area contributed by atoms with Crippen molar-refractivity contribution in [3.05, 3.63) is 11.4 Å². The second-order valence-electron chi connectivity index (χ2n) is 3.16. The van der Waals surface area contributed by atoms with Crippen molar-refractivity contribution >= 4 is 34.9 Å². The molecule has 2 aliphatic rings. The van der Waals surface area contributed by atoms with Gasteiger partial charge in [0.05, 0.1) is 11.7 Å². The maximum atomic E-state index is 4.50. The number of guanidine groups is 1. The Kier molecular flexibility index (Phi) is 1.73. The molecule has 5 heteroatoms. The number of fused-ring (bicyclic) bond motifs is 1. The summed E-state index contributed by atoms with van der Waals surface area (Å²) >= 11 is 3.39. The molecule has 3 nitrogen and oxygen atoms in total. The zero-order valence-electron chi connectivity index (χ0n) is 6.91. The minimum Gasteiger partial charge on any atom is -0.324 e. The van der Waals surface area contributed by atoms with Crippen LogP contribution in [0.2, 0.25) is 0 Å². The molecule has 68 valence electrons. The summed E-state index contributed by atoms with van der Waals surface area (Å²) in [5, 5.41) is 5.37. The second kappa shape index (κ2) is 2.92. The molecule has 0 unspecified atom stereocenters. The van der Waals surface area contributed by atoms with Gasteiger partial charge in [-0.2, -0.15) is 0 Å². The van der Waals surface area contributed by atoms with Gasteiger partial charge in [-0.3, -0.25) is 4.72 Å². The molecule has 1 aromatic rings. The molecule has 0 radical (unpaired) electrons. The van der Waals surface area contributed by atoms with E-state index in [1.54, 1.807) is 23.3 Å². The summed E-state index contributed by atoms with van der Waals surface area (Å²) in [5.41, 5.74) is 1.19. The summed E-state index contributed by atoms with van der Waals surface area (Å²) in [6.07, 6.45) is 2.49. The van der Waals surface area contributed by atoms with Gasteiger partial charge >= 0.3 is 0 Å². The van der Waals surface area contributed by atoms with Crippen molar-refractivity contribution < 1.29 is 0 Å². The first-order valence-electron chi connectivity index (χ1n) is 4.27. The number of hydrogen-bond donors (Lipinski definition) is 2. The van der Waals surface area contributed by atoms with Gasteiger partial charge in [-0.25, -0.2) is 4.99 Å². The number of thiophene rings is 1. The summed E-state index contributed by atoms with van der Waals surface area (Å²) in [4.78, 5) is 4.50. The SMILES string of the molecule is c1cc2c(s1)SNC(=NC1CC1)N2. The first-order chi connectivity index (χ1) is 6.42. The summed E-state index contributed by atoms with van der Waals surface area (Å²) in [7, 11) is 0. The van der Waals surface area contributed by atoms with Crippen LogP contribution in [-0.2, 0) is 0 Å². The summed E-state index contributed by atoms with van der Waals surface area (Å²) in [5.74, 6) is 0.915. The highest BCUT2D eigenvalue weighted by Gasteiger charge is 2.23. The molecule has 0 saturated heterocycles. The Morgan fingerprint density at radius 1 is 1.46 bits per heavy atom. The number of hydrogen-bond acceptors (Lipinski definition) is 3. The monoisotopic (exact) mass is 211 g/mol. The smallest absolute Gasteiger partial charge is 0.206 e. The van der Waals surface area contributed by atoms with Crippen molar-refractivity contribution in [2.75, 3.05) is 5.32 Å². The van der Waals surface area contributed by atoms with E-state index in [1.165, 1.54) is 22.7 Å². The van der Waals surface area contributed by atoms with Crippen molar-refractivity contribution in [1.29, 1.82) is 0 Å². The standard InChI is InChI=1S/C8H9N3S2/c1-2-5(1)9-8-10-6-3-4-12-7(6)13-11-8/h3-5H,1-2H2,(H2,9,10,11). The highest BCUT2D eigenvalue weighted by atomic mass is 32.2. The van der Waals surface area contributed by atoms with E-state index < -0.39 is 0 Å². The van der Waals surface area contributed by atoms with Crippen LogP contribution in [0.1, 0.15) is 12.8 Å². The topological polar surface area (TPSA) is 36.4 Å². The lowest BCUT2D eigenvalue weighted by molar-refractivity contribution is 1.05. The lowest BCUT2D eigenvalue weighted by Gasteiger charge is -2.16. The Bertz CT molecular complexity index is 354. The molecule has 1 fully saturated rings. The fraction of sp³-hybridized carbons (Fsp3) is 0.375. The Morgan fingerprint density at radius 3 is 3.23 bits per heavy atom. The first kappa shape index (κ1) is 7.70. The summed E-state index contributed by atoms with van der Waals surface area (Å²) in [6, 6.07) is 2.66. The molecule has 2 N–H and O–H groups in total. The van der Waals surface area contributed by atoms with Crippen LogP contribution in [0.15, 0.2) is 20.6 Å². The minimum absolute atomic E-state index is 0.566. The molecule has 1 aromatic heterocycles. The molecular weight excluding hydrogens is 202 g/mol. The molecule has 0 spiro atoms. The number of rotatable bonds is 1. The average molecular weight is 211 g/mol. The van der Waals surface area contributed by atoms with Gasteiger partial charge in [-0.05, 0) is 24.3 Å². The molecule has 13 heavy (non-hydrogen) atoms. The number of aliphatic imine (C=N–C) groups is 1. The van der Waals surface area contributed by atoms with Gasteiger partial charge in [0.2, 0.25) is 5.96 Å². The molecule has 2 heterocycles. The normalized spacial score (nSPS) is 23.5. The van der Waals surface area contributed by atoms with E-state index in [0.29, 0.717) is 6.04 Å². The Morgan fingerprint density at radius 2 is 2.38 bits per heavy atom. The summed E-state index contributed by atoms with van der Waals surface area (Å²) in [6.45, 7) is 0. The van der Waals surface area contributed by atoms with Gasteiger partial charge in [0.15, 0.2) is 0 Å². The third kappa shape index (κ3) is 1.53. The van der Waals surface area contributed by atoms with Crippen molar-refractivity contribution in [3.63, 3.8) is 0 Å². The predicted molar refractivity (Wildman–Crippen MR) is 57.4 cm³/mol. The molecule has 1 saturated carbocycles. The highest BCUT2D eigenvalue weighted by Crippen LogP contribution is 2.34. The van der Waals surface area contributed by atoms with E-state index in [-0.39, 0.29) is 0 Å². The van der Waals surface area contributed by atoms with Crippen LogP contribution in [0.4, 0.5) is 5.69 Å². The predicted octanol–water partition coefficient (Wildman–Crippen LogP) is 2.29. The Balaban J connectivity index is 1.83. The lowest BCUT2D eigenvalue weighted by Crippen LogP contribution is -2.28. The van der Waals surface area contributed by atoms with E-state index in [2.05, 4.69) is 26.5 Å². The molecule has 0 atom stereocenters. The van der Waals surface area contributed by atoms with Gasteiger partial charge < -0.3 is 5.32 Å². The minimum atomic E-state index is 0.566. The van der Waals surface area contributed by atoms with Crippen LogP contribution in [0.5, 0.6) is 0 Å². The zero-order chi connectivity index (χ0) is 8.67. The lowest BCUT2D eigenvalue weighted by atomic mass is 10.5. The van der Waals surface area contributed by atoms with Crippen molar-refractivity contribution in [3.8, 4) is 0 Å². The third-order valence-electron chi connectivity index (χ3n) is 1.98. The fourth-order valence-corrected chi connectivity index (χ4v) is 2.74. The van der Waals surface area contributed by atoms with Crippen LogP contribution in [0.3, 0.4) is 0 Å². The first-order valence-corrected chi connectivity index (χ1v) is 5.96. The number of anilines is 1. The van der Waals surface area contributed by atoms with Gasteiger partial charge in [-0.1, -0.05) is 0 Å². The van der Waals surface area contributed by atoms with Crippen LogP contribution in [0, 0.1) is 0 Å². The van der Waals surface area contributed by atoms with E-state index in [1.807, 2.05) is 0 Å². The highest BCUT2D eigenvalue weighted by molar-refractivity contribution is 8.00. The van der Waals surface area contributed by atoms with Crippen molar-refractivity contribution in [1.82, 2.24) is 4.72 Å². The molecule has 1 aliphatic heterocycles. The second-order valence-corrected chi connectivity index (χ2v) is 5.15. The maximum absolute atomic E-state index is 4.50. The molecular formula is C8H9N3S2. The van der Waals surface area contributed by atoms with E-state index in [0.717, 1.165) is 5.96 Å². The Labute approximate surface area is 84.8 Å². The van der Waals surface area contributed by atoms with Crippen molar-refractivity contribution in [2.24, 2.45) is 4.99 Å². The van der Waals surface area contributed by atoms with Gasteiger partial charge in [0.25, 0.3) is 0 Å².